The SMILES string of the molecule is Cc1nc(-n2ccc(Oc3ccccc3)cc2=O)sc1C(=O)CCc1ccccc1. The van der Waals surface area contributed by atoms with Crippen molar-refractivity contribution in [2.45, 2.75) is 19.8 Å². The number of rotatable bonds is 7. The van der Waals surface area contributed by atoms with Crippen molar-refractivity contribution in [2.24, 2.45) is 0 Å². The Labute approximate surface area is 178 Å². The molecule has 0 aliphatic rings. The monoisotopic (exact) mass is 416 g/mol. The third-order valence-corrected chi connectivity index (χ3v) is 5.80. The number of ether oxygens (including phenoxy) is 1. The number of thiazole rings is 1. The predicted octanol–water partition coefficient (Wildman–Crippen LogP) is 5.21. The number of hydrogen-bond donors (Lipinski definition) is 0. The molecule has 0 amide bonds. The lowest BCUT2D eigenvalue weighted by molar-refractivity contribution is 0.0986. The summed E-state index contributed by atoms with van der Waals surface area (Å²) in [7, 11) is 0. The maximum atomic E-state index is 12.7. The Balaban J connectivity index is 1.51. The van der Waals surface area contributed by atoms with Gasteiger partial charge in [0.15, 0.2) is 10.9 Å². The van der Waals surface area contributed by atoms with Crippen molar-refractivity contribution < 1.29 is 9.53 Å². The number of nitrogens with zero attached hydrogens (tertiary/aromatic N) is 2. The minimum atomic E-state index is -0.263. The molecular formula is C24H20N2O3S. The number of ketones is 1. The molecule has 5 nitrogen and oxygen atoms in total. The number of Topliss-reactive ketones (excluding diaryl/α,β-unsaturated/α-hetero) is 1. The highest BCUT2D eigenvalue weighted by Gasteiger charge is 2.17. The van der Waals surface area contributed by atoms with Crippen molar-refractivity contribution in [2.75, 3.05) is 0 Å². The smallest absolute Gasteiger partial charge is 0.260 e. The molecule has 2 aromatic carbocycles. The van der Waals surface area contributed by atoms with Crippen molar-refractivity contribution in [1.82, 2.24) is 9.55 Å². The van der Waals surface area contributed by atoms with Gasteiger partial charge >= 0.3 is 0 Å². The number of para-hydroxylation sites is 1. The van der Waals surface area contributed by atoms with Crippen molar-refractivity contribution >= 4 is 17.1 Å². The topological polar surface area (TPSA) is 61.2 Å². The Morgan fingerprint density at radius 2 is 1.70 bits per heavy atom. The summed E-state index contributed by atoms with van der Waals surface area (Å²) in [5, 5.41) is 0.479. The van der Waals surface area contributed by atoms with Crippen molar-refractivity contribution in [1.29, 1.82) is 0 Å². The van der Waals surface area contributed by atoms with Gasteiger partial charge in [0.1, 0.15) is 11.5 Å². The standard InChI is InChI=1S/C24H20N2O3S/c1-17-23(21(27)13-12-18-8-4-2-5-9-18)30-24(25-17)26-15-14-20(16-22(26)28)29-19-10-6-3-7-11-19/h2-11,14-16H,12-13H2,1H3. The summed E-state index contributed by atoms with van der Waals surface area (Å²) in [4.78, 5) is 30.3. The lowest BCUT2D eigenvalue weighted by Crippen LogP contribution is -2.16. The zero-order valence-electron chi connectivity index (χ0n) is 16.4. The highest BCUT2D eigenvalue weighted by molar-refractivity contribution is 7.16. The summed E-state index contributed by atoms with van der Waals surface area (Å²) < 4.78 is 7.14. The fraction of sp³-hybridized carbons (Fsp3) is 0.125. The van der Waals surface area contributed by atoms with Crippen LogP contribution in [-0.2, 0) is 6.42 Å². The number of benzene rings is 2. The minimum Gasteiger partial charge on any atom is -0.457 e. The first-order valence-electron chi connectivity index (χ1n) is 9.61. The van der Waals surface area contributed by atoms with Gasteiger partial charge in [-0.25, -0.2) is 4.98 Å². The van der Waals surface area contributed by atoms with E-state index in [0.717, 1.165) is 5.56 Å². The largest absolute Gasteiger partial charge is 0.457 e. The summed E-state index contributed by atoms with van der Waals surface area (Å²) in [6.07, 6.45) is 2.71. The van der Waals surface area contributed by atoms with Gasteiger partial charge in [-0.1, -0.05) is 59.9 Å². The van der Waals surface area contributed by atoms with Crippen molar-refractivity contribution in [3.05, 3.63) is 105 Å². The Morgan fingerprint density at radius 3 is 2.40 bits per heavy atom. The van der Waals surface area contributed by atoms with Gasteiger partial charge < -0.3 is 4.74 Å². The molecule has 0 N–H and O–H groups in total. The van der Waals surface area contributed by atoms with Crippen LogP contribution in [0.5, 0.6) is 11.5 Å². The van der Waals surface area contributed by atoms with E-state index in [4.69, 9.17) is 4.74 Å². The van der Waals surface area contributed by atoms with E-state index in [-0.39, 0.29) is 11.3 Å². The van der Waals surface area contributed by atoms with Gasteiger partial charge in [-0.2, -0.15) is 0 Å². The molecule has 0 spiro atoms. The molecule has 0 aliphatic heterocycles. The lowest BCUT2D eigenvalue weighted by Gasteiger charge is -2.06. The van der Waals surface area contributed by atoms with Crippen molar-refractivity contribution in [3.63, 3.8) is 0 Å². The summed E-state index contributed by atoms with van der Waals surface area (Å²) in [5.74, 6) is 1.15. The number of carbonyl (C=O) groups excluding carboxylic acids is 1. The second-order valence-corrected chi connectivity index (χ2v) is 7.78. The maximum absolute atomic E-state index is 12.7. The van der Waals surface area contributed by atoms with Crippen LogP contribution in [-0.4, -0.2) is 15.3 Å². The zero-order valence-corrected chi connectivity index (χ0v) is 17.3. The summed E-state index contributed by atoms with van der Waals surface area (Å²) in [6, 6.07) is 22.3. The Hall–Kier alpha value is -3.51. The molecule has 0 aliphatic carbocycles. The molecule has 2 heterocycles. The zero-order chi connectivity index (χ0) is 20.9. The first kappa shape index (κ1) is 19.8. The molecule has 0 radical (unpaired) electrons. The lowest BCUT2D eigenvalue weighted by atomic mass is 10.1. The number of carbonyl (C=O) groups is 1. The van der Waals surface area contributed by atoms with Crippen LogP contribution in [0.3, 0.4) is 0 Å². The van der Waals surface area contributed by atoms with Crippen LogP contribution in [0, 0.1) is 6.92 Å². The van der Waals surface area contributed by atoms with Gasteiger partial charge in [0.25, 0.3) is 5.56 Å². The van der Waals surface area contributed by atoms with Crippen LogP contribution in [0.4, 0.5) is 0 Å². The predicted molar refractivity (Wildman–Crippen MR) is 118 cm³/mol. The molecular weight excluding hydrogens is 396 g/mol. The first-order valence-corrected chi connectivity index (χ1v) is 10.4. The number of pyridine rings is 1. The van der Waals surface area contributed by atoms with Gasteiger partial charge in [-0.3, -0.25) is 14.2 Å². The first-order chi connectivity index (χ1) is 14.6. The Morgan fingerprint density at radius 1 is 1.00 bits per heavy atom. The quantitative estimate of drug-likeness (QED) is 0.388. The highest BCUT2D eigenvalue weighted by atomic mass is 32.1. The second-order valence-electron chi connectivity index (χ2n) is 6.81. The van der Waals surface area contributed by atoms with E-state index in [0.29, 0.717) is 40.0 Å². The fourth-order valence-corrected chi connectivity index (χ4v) is 4.09. The molecule has 0 fully saturated rings. The summed E-state index contributed by atoms with van der Waals surface area (Å²) >= 11 is 1.24. The molecule has 0 saturated heterocycles. The molecule has 0 unspecified atom stereocenters. The van der Waals surface area contributed by atoms with Gasteiger partial charge in [-0.15, -0.1) is 0 Å². The molecule has 4 rings (SSSR count). The molecule has 0 saturated carbocycles. The summed E-state index contributed by atoms with van der Waals surface area (Å²) in [6.45, 7) is 1.80. The molecule has 6 heteroatoms. The average Bonchev–Trinajstić information content (AvgIpc) is 3.15. The fourth-order valence-electron chi connectivity index (χ4n) is 3.07. The van der Waals surface area contributed by atoms with E-state index >= 15 is 0 Å². The van der Waals surface area contributed by atoms with Crippen LogP contribution in [0.25, 0.3) is 5.13 Å². The maximum Gasteiger partial charge on any atom is 0.260 e. The van der Waals surface area contributed by atoms with E-state index in [9.17, 15) is 9.59 Å². The van der Waals surface area contributed by atoms with Crippen molar-refractivity contribution in [3.8, 4) is 16.6 Å². The average molecular weight is 417 g/mol. The second kappa shape index (κ2) is 8.88. The van der Waals surface area contributed by atoms with Crippen LogP contribution < -0.4 is 10.3 Å². The normalized spacial score (nSPS) is 10.7. The minimum absolute atomic E-state index is 0.0391. The Kier molecular flexibility index (Phi) is 5.86. The van der Waals surface area contributed by atoms with Crippen LogP contribution in [0.1, 0.15) is 27.3 Å². The van der Waals surface area contributed by atoms with Gasteiger partial charge in [0.05, 0.1) is 10.6 Å². The van der Waals surface area contributed by atoms with Crippen LogP contribution in [0.15, 0.2) is 83.8 Å². The number of aromatic nitrogens is 2. The van der Waals surface area contributed by atoms with E-state index in [1.807, 2.05) is 60.7 Å². The molecule has 0 bridgehead atoms. The molecule has 150 valence electrons. The third-order valence-electron chi connectivity index (χ3n) is 4.60. The highest BCUT2D eigenvalue weighted by Crippen LogP contribution is 2.24. The van der Waals surface area contributed by atoms with E-state index in [2.05, 4.69) is 4.98 Å². The van der Waals surface area contributed by atoms with Gasteiger partial charge in [0.2, 0.25) is 0 Å². The molecule has 4 aromatic rings. The van der Waals surface area contributed by atoms with E-state index in [1.54, 1.807) is 19.2 Å². The van der Waals surface area contributed by atoms with Gasteiger partial charge in [0, 0.05) is 18.7 Å². The number of hydrogen-bond acceptors (Lipinski definition) is 5. The third kappa shape index (κ3) is 4.55. The van der Waals surface area contributed by atoms with Crippen LogP contribution >= 0.6 is 11.3 Å². The van der Waals surface area contributed by atoms with E-state index < -0.39 is 0 Å². The Bertz CT molecular complexity index is 1210. The van der Waals surface area contributed by atoms with Gasteiger partial charge in [-0.05, 0) is 37.1 Å². The molecule has 0 atom stereocenters. The van der Waals surface area contributed by atoms with Crippen LogP contribution in [0.2, 0.25) is 0 Å². The summed E-state index contributed by atoms with van der Waals surface area (Å²) in [5.41, 5.74) is 1.50. The molecule has 2 aromatic heterocycles. The molecule has 30 heavy (non-hydrogen) atoms. The van der Waals surface area contributed by atoms with E-state index in [1.165, 1.54) is 22.0 Å². The number of aryl methyl sites for hydroxylation is 2.